The molecule has 1 heterocycles. The van der Waals surface area contributed by atoms with Crippen molar-refractivity contribution in [3.63, 3.8) is 0 Å². The molecule has 0 saturated heterocycles. The largest absolute Gasteiger partial charge is 0.369 e. The summed E-state index contributed by atoms with van der Waals surface area (Å²) < 4.78 is 0. The molecule has 1 atom stereocenters. The number of nitrogens with one attached hydrogen (secondary N) is 2. The van der Waals surface area contributed by atoms with Gasteiger partial charge in [0.1, 0.15) is 5.39 Å². The highest BCUT2D eigenvalue weighted by Gasteiger charge is 2.19. The second-order valence-corrected chi connectivity index (χ2v) is 6.11. The van der Waals surface area contributed by atoms with Crippen molar-refractivity contribution in [1.29, 1.82) is 0 Å². The molecule has 3 rings (SSSR count). The number of unbranched alkanes of at least 4 members (excludes halogenated alkanes) is 1. The maximum atomic E-state index is 11.5. The van der Waals surface area contributed by atoms with Gasteiger partial charge >= 0.3 is 0 Å². The number of aromatic nitrogens is 1. The molecule has 0 aliphatic heterocycles. The Labute approximate surface area is 170 Å². The van der Waals surface area contributed by atoms with Crippen LogP contribution < -0.4 is 10.6 Å². The Bertz CT molecular complexity index is 921. The summed E-state index contributed by atoms with van der Waals surface area (Å²) in [5.41, 5.74) is 2.26. The van der Waals surface area contributed by atoms with Crippen LogP contribution in [0.1, 0.15) is 26.7 Å². The van der Waals surface area contributed by atoms with E-state index in [1.165, 1.54) is 6.07 Å². The van der Waals surface area contributed by atoms with Gasteiger partial charge in [-0.25, -0.2) is 4.98 Å². The van der Waals surface area contributed by atoms with Crippen molar-refractivity contribution >= 4 is 58.0 Å². The predicted octanol–water partition coefficient (Wildman–Crippen LogP) is 5.29. The molecule has 0 radical (unpaired) electrons. The van der Waals surface area contributed by atoms with Crippen molar-refractivity contribution in [3.05, 3.63) is 52.6 Å². The van der Waals surface area contributed by atoms with Crippen LogP contribution in [0, 0.1) is 10.1 Å². The average Bonchev–Trinajstić information content (AvgIpc) is 2.61. The number of hydrogen-bond acceptors (Lipinski definition) is 5. The summed E-state index contributed by atoms with van der Waals surface area (Å²) in [4.78, 5) is 15.8. The average molecular weight is 411 g/mol. The Hall–Kier alpha value is -2.15. The minimum atomic E-state index is -0.348. The fraction of sp³-hybridized carbons (Fsp3) is 0.316. The van der Waals surface area contributed by atoms with Crippen molar-refractivity contribution in [1.82, 2.24) is 10.3 Å². The van der Waals surface area contributed by atoms with Crippen LogP contribution in [0.5, 0.6) is 0 Å². The van der Waals surface area contributed by atoms with Gasteiger partial charge in [-0.2, -0.15) is 0 Å². The lowest BCUT2D eigenvalue weighted by Crippen LogP contribution is -2.34. The van der Waals surface area contributed by atoms with E-state index >= 15 is 0 Å². The van der Waals surface area contributed by atoms with Crippen LogP contribution in [-0.4, -0.2) is 22.6 Å². The summed E-state index contributed by atoms with van der Waals surface area (Å²) in [6.07, 6.45) is 2.19. The summed E-state index contributed by atoms with van der Waals surface area (Å²) >= 11 is 0. The van der Waals surface area contributed by atoms with Gasteiger partial charge in [0.2, 0.25) is 0 Å². The molecule has 0 saturated carbocycles. The maximum Gasteiger partial charge on any atom is 0.280 e. The van der Waals surface area contributed by atoms with E-state index in [0.29, 0.717) is 10.9 Å². The fourth-order valence-electron chi connectivity index (χ4n) is 2.99. The molecule has 1 aromatic heterocycles. The van der Waals surface area contributed by atoms with Gasteiger partial charge in [-0.05, 0) is 32.0 Å². The van der Waals surface area contributed by atoms with Gasteiger partial charge in [0, 0.05) is 11.5 Å². The van der Waals surface area contributed by atoms with Crippen LogP contribution in [0.4, 0.5) is 11.4 Å². The van der Waals surface area contributed by atoms with Crippen LogP contribution >= 0.6 is 24.8 Å². The molecule has 2 N–H and O–H groups in total. The van der Waals surface area contributed by atoms with Crippen LogP contribution in [0.3, 0.4) is 0 Å². The summed E-state index contributed by atoms with van der Waals surface area (Å²) in [5, 5.41) is 19.8. The Balaban J connectivity index is 0.00000182. The highest BCUT2D eigenvalue weighted by molar-refractivity contribution is 6.11. The van der Waals surface area contributed by atoms with Gasteiger partial charge in [0.15, 0.2) is 0 Å². The lowest BCUT2D eigenvalue weighted by Gasteiger charge is -2.20. The molecule has 0 fully saturated rings. The first-order valence-corrected chi connectivity index (χ1v) is 8.57. The van der Waals surface area contributed by atoms with Crippen LogP contribution in [0.25, 0.3) is 21.8 Å². The topological polar surface area (TPSA) is 80.1 Å². The van der Waals surface area contributed by atoms with Crippen LogP contribution in [-0.2, 0) is 0 Å². The lowest BCUT2D eigenvalue weighted by atomic mass is 10.1. The SMILES string of the molecule is CCCCNC(C)Nc1c2ccccc2nc2cccc([N+](=O)[O-])c12.Cl.Cl. The number of nitro groups is 1. The van der Waals surface area contributed by atoms with Gasteiger partial charge in [-0.1, -0.05) is 37.6 Å². The monoisotopic (exact) mass is 410 g/mol. The molecule has 0 bridgehead atoms. The number of halogens is 2. The first kappa shape index (κ1) is 22.9. The molecule has 2 aromatic carbocycles. The Morgan fingerprint density at radius 2 is 1.81 bits per heavy atom. The van der Waals surface area contributed by atoms with E-state index in [2.05, 4.69) is 22.5 Å². The van der Waals surface area contributed by atoms with Gasteiger partial charge in [-0.3, -0.25) is 15.4 Å². The van der Waals surface area contributed by atoms with Gasteiger partial charge in [-0.15, -0.1) is 24.8 Å². The number of para-hydroxylation sites is 1. The normalized spacial score (nSPS) is 11.5. The van der Waals surface area contributed by atoms with Crippen molar-refractivity contribution < 1.29 is 4.92 Å². The Kier molecular flexibility index (Phi) is 8.69. The molecule has 146 valence electrons. The number of nitro benzene ring substituents is 1. The molecular formula is C19H24Cl2N4O2. The van der Waals surface area contributed by atoms with E-state index in [0.717, 1.165) is 36.0 Å². The number of hydrogen-bond donors (Lipinski definition) is 2. The van der Waals surface area contributed by atoms with Crippen molar-refractivity contribution in [3.8, 4) is 0 Å². The highest BCUT2D eigenvalue weighted by Crippen LogP contribution is 2.36. The third-order valence-electron chi connectivity index (χ3n) is 4.22. The number of pyridine rings is 1. The highest BCUT2D eigenvalue weighted by atomic mass is 35.5. The molecule has 6 nitrogen and oxygen atoms in total. The number of nitrogens with zero attached hydrogens (tertiary/aromatic N) is 2. The number of anilines is 1. The molecule has 0 aliphatic rings. The van der Waals surface area contributed by atoms with Crippen molar-refractivity contribution in [2.45, 2.75) is 32.9 Å². The number of rotatable bonds is 7. The zero-order chi connectivity index (χ0) is 17.8. The molecule has 27 heavy (non-hydrogen) atoms. The van der Waals surface area contributed by atoms with E-state index in [9.17, 15) is 10.1 Å². The molecular weight excluding hydrogens is 387 g/mol. The smallest absolute Gasteiger partial charge is 0.280 e. The van der Waals surface area contributed by atoms with E-state index in [-0.39, 0.29) is 41.6 Å². The Morgan fingerprint density at radius 3 is 2.52 bits per heavy atom. The zero-order valence-electron chi connectivity index (χ0n) is 15.3. The number of benzene rings is 2. The predicted molar refractivity (Wildman–Crippen MR) is 116 cm³/mol. The third-order valence-corrected chi connectivity index (χ3v) is 4.22. The fourth-order valence-corrected chi connectivity index (χ4v) is 2.99. The number of fused-ring (bicyclic) bond motifs is 2. The van der Waals surface area contributed by atoms with E-state index in [1.807, 2.05) is 37.3 Å². The van der Waals surface area contributed by atoms with E-state index in [4.69, 9.17) is 0 Å². The second-order valence-electron chi connectivity index (χ2n) is 6.11. The summed E-state index contributed by atoms with van der Waals surface area (Å²) in [5.74, 6) is 0. The molecule has 0 spiro atoms. The first-order chi connectivity index (χ1) is 12.1. The Morgan fingerprint density at radius 1 is 1.11 bits per heavy atom. The van der Waals surface area contributed by atoms with Crippen LogP contribution in [0.2, 0.25) is 0 Å². The van der Waals surface area contributed by atoms with Crippen molar-refractivity contribution in [2.75, 3.05) is 11.9 Å². The van der Waals surface area contributed by atoms with E-state index in [1.54, 1.807) is 6.07 Å². The third kappa shape index (κ3) is 4.97. The molecule has 3 aromatic rings. The lowest BCUT2D eigenvalue weighted by molar-refractivity contribution is -0.383. The quantitative estimate of drug-likeness (QED) is 0.182. The summed E-state index contributed by atoms with van der Waals surface area (Å²) in [6, 6.07) is 12.7. The van der Waals surface area contributed by atoms with Gasteiger partial charge in [0.25, 0.3) is 5.69 Å². The van der Waals surface area contributed by atoms with Crippen molar-refractivity contribution in [2.24, 2.45) is 0 Å². The molecule has 0 aliphatic carbocycles. The molecule has 8 heteroatoms. The van der Waals surface area contributed by atoms with Crippen LogP contribution in [0.15, 0.2) is 42.5 Å². The minimum Gasteiger partial charge on any atom is -0.369 e. The maximum absolute atomic E-state index is 11.5. The standard InChI is InChI=1S/C19H22N4O2.2ClH/c1-3-4-12-20-13(2)21-19-14-8-5-6-9-15(14)22-16-10-7-11-17(18(16)19)23(24)25;;/h5-11,13,20H,3-4,12H2,1-2H3,(H,21,22);2*1H. The second kappa shape index (κ2) is 10.3. The zero-order valence-corrected chi connectivity index (χ0v) is 16.9. The molecule has 0 amide bonds. The number of non-ortho nitro benzene ring substituents is 1. The van der Waals surface area contributed by atoms with Gasteiger partial charge in [0.05, 0.1) is 27.8 Å². The van der Waals surface area contributed by atoms with E-state index < -0.39 is 0 Å². The summed E-state index contributed by atoms with van der Waals surface area (Å²) in [6.45, 7) is 5.06. The molecule has 1 unspecified atom stereocenters. The summed E-state index contributed by atoms with van der Waals surface area (Å²) in [7, 11) is 0. The van der Waals surface area contributed by atoms with Gasteiger partial charge < -0.3 is 5.32 Å². The first-order valence-electron chi connectivity index (χ1n) is 8.57. The minimum absolute atomic E-state index is 0.